The Morgan fingerprint density at radius 2 is 2.20 bits per heavy atom. The first kappa shape index (κ1) is 11.8. The molecule has 2 aliphatic heterocycles. The third-order valence-corrected chi connectivity index (χ3v) is 4.92. The van der Waals surface area contributed by atoms with Crippen LogP contribution in [-0.2, 0) is 4.79 Å². The van der Waals surface area contributed by atoms with Crippen molar-refractivity contribution in [3.05, 3.63) is 36.1 Å². The van der Waals surface area contributed by atoms with E-state index >= 15 is 0 Å². The molecular weight excluding hydrogens is 272 g/mol. The Morgan fingerprint density at radius 3 is 2.90 bits per heavy atom. The Hall–Kier alpha value is -1.95. The van der Waals surface area contributed by atoms with Gasteiger partial charge < -0.3 is 9.80 Å². The molecule has 2 fully saturated rings. The second-order valence-corrected chi connectivity index (χ2v) is 6.12. The standard InChI is InChI=1S/C14H14N4OS/c19-13-12-9-17(14-16-4-5-20-14)7-10(12)8-18(13)11-2-1-3-15-6-11/h1-6,10,12H,7-9H2/t10-,12-/m1/s1. The van der Waals surface area contributed by atoms with E-state index < -0.39 is 0 Å². The van der Waals surface area contributed by atoms with Crippen molar-refractivity contribution in [1.82, 2.24) is 9.97 Å². The summed E-state index contributed by atoms with van der Waals surface area (Å²) < 4.78 is 0. The van der Waals surface area contributed by atoms with E-state index in [1.807, 2.05) is 28.6 Å². The van der Waals surface area contributed by atoms with Gasteiger partial charge in [-0.05, 0) is 12.1 Å². The van der Waals surface area contributed by atoms with Crippen molar-refractivity contribution in [3.8, 4) is 0 Å². The highest BCUT2D eigenvalue weighted by atomic mass is 32.1. The minimum atomic E-state index is 0.0964. The molecule has 20 heavy (non-hydrogen) atoms. The maximum absolute atomic E-state index is 12.6. The fourth-order valence-electron chi connectivity index (χ4n) is 3.14. The van der Waals surface area contributed by atoms with E-state index in [2.05, 4.69) is 14.9 Å². The zero-order chi connectivity index (χ0) is 13.5. The number of fused-ring (bicyclic) bond motifs is 1. The number of pyridine rings is 1. The molecule has 0 spiro atoms. The first-order valence-electron chi connectivity index (χ1n) is 6.69. The topological polar surface area (TPSA) is 49.3 Å². The highest BCUT2D eigenvalue weighted by molar-refractivity contribution is 7.13. The maximum atomic E-state index is 12.6. The monoisotopic (exact) mass is 286 g/mol. The van der Waals surface area contributed by atoms with Gasteiger partial charge in [0.25, 0.3) is 0 Å². The molecule has 0 aliphatic carbocycles. The fourth-order valence-corrected chi connectivity index (χ4v) is 3.80. The average molecular weight is 286 g/mol. The van der Waals surface area contributed by atoms with Crippen LogP contribution in [0.3, 0.4) is 0 Å². The van der Waals surface area contributed by atoms with Gasteiger partial charge in [-0.3, -0.25) is 9.78 Å². The molecule has 2 atom stereocenters. The zero-order valence-electron chi connectivity index (χ0n) is 10.8. The molecule has 2 aromatic rings. The van der Waals surface area contributed by atoms with E-state index in [-0.39, 0.29) is 11.8 Å². The molecule has 0 saturated carbocycles. The van der Waals surface area contributed by atoms with Crippen LogP contribution in [0.2, 0.25) is 0 Å². The number of anilines is 2. The number of rotatable bonds is 2. The lowest BCUT2D eigenvalue weighted by Crippen LogP contribution is -2.32. The smallest absolute Gasteiger partial charge is 0.232 e. The van der Waals surface area contributed by atoms with Crippen molar-refractivity contribution in [1.29, 1.82) is 0 Å². The lowest BCUT2D eigenvalue weighted by Gasteiger charge is -2.21. The summed E-state index contributed by atoms with van der Waals surface area (Å²) in [7, 11) is 0. The molecule has 4 heterocycles. The second kappa shape index (κ2) is 4.56. The molecule has 0 radical (unpaired) electrons. The van der Waals surface area contributed by atoms with Crippen LogP contribution in [0.5, 0.6) is 0 Å². The summed E-state index contributed by atoms with van der Waals surface area (Å²) in [5.41, 5.74) is 0.910. The molecular formula is C14H14N4OS. The molecule has 1 amide bonds. The second-order valence-electron chi connectivity index (χ2n) is 5.25. The summed E-state index contributed by atoms with van der Waals surface area (Å²) in [5, 5.41) is 3.01. The summed E-state index contributed by atoms with van der Waals surface area (Å²) in [5.74, 6) is 0.716. The van der Waals surface area contributed by atoms with Crippen LogP contribution in [0.25, 0.3) is 0 Å². The first-order chi connectivity index (χ1) is 9.83. The number of amides is 1. The van der Waals surface area contributed by atoms with E-state index in [9.17, 15) is 4.79 Å². The van der Waals surface area contributed by atoms with Gasteiger partial charge in [-0.15, -0.1) is 11.3 Å². The summed E-state index contributed by atoms with van der Waals surface area (Å²) in [6.07, 6.45) is 5.31. The van der Waals surface area contributed by atoms with Crippen LogP contribution < -0.4 is 9.80 Å². The van der Waals surface area contributed by atoms with Crippen molar-refractivity contribution < 1.29 is 4.79 Å². The normalized spacial score (nSPS) is 25.3. The summed E-state index contributed by atoms with van der Waals surface area (Å²) in [6, 6.07) is 3.82. The minimum absolute atomic E-state index is 0.0964. The summed E-state index contributed by atoms with van der Waals surface area (Å²) in [4.78, 5) is 25.1. The van der Waals surface area contributed by atoms with Gasteiger partial charge in [0.1, 0.15) is 0 Å². The highest BCUT2D eigenvalue weighted by Gasteiger charge is 2.47. The SMILES string of the molecule is O=C1[C@@H]2CN(c3nccs3)C[C@@H]2CN1c1cccnc1. The number of aromatic nitrogens is 2. The van der Waals surface area contributed by atoms with Gasteiger partial charge in [-0.1, -0.05) is 0 Å². The first-order valence-corrected chi connectivity index (χ1v) is 7.57. The summed E-state index contributed by atoms with van der Waals surface area (Å²) in [6.45, 7) is 2.49. The lowest BCUT2D eigenvalue weighted by molar-refractivity contribution is -0.120. The molecule has 0 bridgehead atoms. The fraction of sp³-hybridized carbons (Fsp3) is 0.357. The zero-order valence-corrected chi connectivity index (χ0v) is 11.7. The largest absolute Gasteiger partial charge is 0.347 e. The Kier molecular flexibility index (Phi) is 2.70. The van der Waals surface area contributed by atoms with Crippen LogP contribution in [0, 0.1) is 11.8 Å². The Morgan fingerprint density at radius 1 is 1.25 bits per heavy atom. The third kappa shape index (κ3) is 1.79. The van der Waals surface area contributed by atoms with Gasteiger partial charge in [-0.25, -0.2) is 4.98 Å². The van der Waals surface area contributed by atoms with E-state index in [1.54, 1.807) is 23.7 Å². The number of carbonyl (C=O) groups is 1. The molecule has 2 aliphatic rings. The molecule has 0 unspecified atom stereocenters. The molecule has 2 aromatic heterocycles. The number of hydrogen-bond acceptors (Lipinski definition) is 5. The molecule has 102 valence electrons. The van der Waals surface area contributed by atoms with Crippen molar-refractivity contribution in [2.45, 2.75) is 0 Å². The van der Waals surface area contributed by atoms with E-state index in [0.717, 1.165) is 30.5 Å². The van der Waals surface area contributed by atoms with E-state index in [1.165, 1.54) is 0 Å². The lowest BCUT2D eigenvalue weighted by atomic mass is 10.0. The molecule has 6 heteroatoms. The van der Waals surface area contributed by atoms with Gasteiger partial charge in [0.15, 0.2) is 5.13 Å². The third-order valence-electron chi connectivity index (χ3n) is 4.09. The van der Waals surface area contributed by atoms with Crippen molar-refractivity contribution >= 4 is 28.1 Å². The van der Waals surface area contributed by atoms with Crippen molar-refractivity contribution in [3.63, 3.8) is 0 Å². The predicted octanol–water partition coefficient (Wildman–Crippen LogP) is 1.64. The Balaban J connectivity index is 1.54. The van der Waals surface area contributed by atoms with Crippen LogP contribution in [0.4, 0.5) is 10.8 Å². The van der Waals surface area contributed by atoms with Gasteiger partial charge in [-0.2, -0.15) is 0 Å². The number of thiazole rings is 1. The molecule has 0 aromatic carbocycles. The van der Waals surface area contributed by atoms with Crippen LogP contribution in [-0.4, -0.2) is 35.5 Å². The minimum Gasteiger partial charge on any atom is -0.347 e. The van der Waals surface area contributed by atoms with Crippen LogP contribution in [0.1, 0.15) is 0 Å². The van der Waals surface area contributed by atoms with Gasteiger partial charge in [0, 0.05) is 43.3 Å². The number of hydrogen-bond donors (Lipinski definition) is 0. The molecule has 0 N–H and O–H groups in total. The van der Waals surface area contributed by atoms with E-state index in [4.69, 9.17) is 0 Å². The van der Waals surface area contributed by atoms with Crippen molar-refractivity contribution in [2.75, 3.05) is 29.4 Å². The number of carbonyl (C=O) groups excluding carboxylic acids is 1. The van der Waals surface area contributed by atoms with E-state index in [0.29, 0.717) is 5.92 Å². The molecule has 2 saturated heterocycles. The van der Waals surface area contributed by atoms with Crippen LogP contribution >= 0.6 is 11.3 Å². The summed E-state index contributed by atoms with van der Waals surface area (Å²) >= 11 is 1.64. The van der Waals surface area contributed by atoms with Gasteiger partial charge in [0.05, 0.1) is 17.8 Å². The Labute approximate surface area is 120 Å². The predicted molar refractivity (Wildman–Crippen MR) is 77.9 cm³/mol. The quantitative estimate of drug-likeness (QED) is 0.842. The highest BCUT2D eigenvalue weighted by Crippen LogP contribution is 2.37. The molecule has 5 nitrogen and oxygen atoms in total. The van der Waals surface area contributed by atoms with Crippen LogP contribution in [0.15, 0.2) is 36.1 Å². The van der Waals surface area contributed by atoms with Crippen molar-refractivity contribution in [2.24, 2.45) is 11.8 Å². The number of nitrogens with zero attached hydrogens (tertiary/aromatic N) is 4. The van der Waals surface area contributed by atoms with Gasteiger partial charge in [0.2, 0.25) is 5.91 Å². The van der Waals surface area contributed by atoms with Gasteiger partial charge >= 0.3 is 0 Å². The Bertz CT molecular complexity index is 615. The average Bonchev–Trinajstić information content (AvgIpc) is 3.17. The maximum Gasteiger partial charge on any atom is 0.232 e. The molecule has 4 rings (SSSR count).